The molecule has 3 atom stereocenters. The Bertz CT molecular complexity index is 2050. The average Bonchev–Trinajstić information content (AvgIpc) is 4.04. The Hall–Kier alpha value is -4.38. The highest BCUT2D eigenvalue weighted by Gasteiger charge is 2.37. The zero-order valence-corrected chi connectivity index (χ0v) is 38.0. The Morgan fingerprint density at radius 1 is 0.800 bits per heavy atom. The first-order valence-corrected chi connectivity index (χ1v) is 20.3. The lowest BCUT2D eigenvalue weighted by molar-refractivity contribution is -0.134. The largest absolute Gasteiger partial charge is 0.453 e. The van der Waals surface area contributed by atoms with Crippen LogP contribution < -0.4 is 5.32 Å². The van der Waals surface area contributed by atoms with E-state index in [2.05, 4.69) is 81.0 Å². The van der Waals surface area contributed by atoms with Gasteiger partial charge in [0.1, 0.15) is 23.3 Å². The number of aromatic nitrogens is 4. The molecule has 0 radical (unpaired) electrons. The summed E-state index contributed by atoms with van der Waals surface area (Å²) >= 11 is 0. The maximum Gasteiger partial charge on any atom is 0.410 e. The van der Waals surface area contributed by atoms with E-state index < -0.39 is 17.7 Å². The van der Waals surface area contributed by atoms with E-state index in [0.717, 1.165) is 102 Å². The molecule has 3 N–H and O–H groups in total. The molecule has 13 nitrogen and oxygen atoms in total. The van der Waals surface area contributed by atoms with E-state index in [9.17, 15) is 14.4 Å². The molecule has 2 bridgehead atoms. The summed E-state index contributed by atoms with van der Waals surface area (Å²) in [6.07, 6.45) is 12.7. The third kappa shape index (κ3) is 11.7. The first-order valence-electron chi connectivity index (χ1n) is 20.3. The molecule has 0 spiro atoms. The minimum absolute atomic E-state index is 0. The molecule has 0 saturated carbocycles. The molecular formula is C44H61N7O6S3. The van der Waals surface area contributed by atoms with Crippen LogP contribution in [0.25, 0.3) is 33.6 Å². The first kappa shape index (κ1) is 48.3. The molecule has 0 aliphatic carbocycles. The van der Waals surface area contributed by atoms with Crippen molar-refractivity contribution >= 4 is 58.6 Å². The van der Waals surface area contributed by atoms with E-state index in [1.165, 1.54) is 7.11 Å². The fourth-order valence-electron chi connectivity index (χ4n) is 8.01. The molecule has 4 aromatic rings. The Kier molecular flexibility index (Phi) is 17.7. The van der Waals surface area contributed by atoms with Gasteiger partial charge in [0.15, 0.2) is 0 Å². The van der Waals surface area contributed by atoms with Crippen LogP contribution in [0.4, 0.5) is 9.59 Å². The van der Waals surface area contributed by atoms with Gasteiger partial charge in [-0.25, -0.2) is 19.6 Å². The second-order valence-corrected chi connectivity index (χ2v) is 16.1. The van der Waals surface area contributed by atoms with Gasteiger partial charge in [-0.1, -0.05) is 73.5 Å². The van der Waals surface area contributed by atoms with E-state index in [0.29, 0.717) is 32.7 Å². The summed E-state index contributed by atoms with van der Waals surface area (Å²) in [5.74, 6) is 1.38. The lowest BCUT2D eigenvalue weighted by Gasteiger charge is -2.28. The Balaban J connectivity index is 0.00000265. The molecule has 326 valence electrons. The van der Waals surface area contributed by atoms with Crippen molar-refractivity contribution in [3.63, 3.8) is 0 Å². The van der Waals surface area contributed by atoms with Crippen molar-refractivity contribution in [3.8, 4) is 33.6 Å². The molecule has 16 heteroatoms. The fraction of sp³-hybridized carbons (Fsp3) is 0.477. The van der Waals surface area contributed by atoms with E-state index >= 15 is 0 Å². The van der Waals surface area contributed by atoms with E-state index in [1.807, 2.05) is 31.9 Å². The number of methoxy groups -OCH3 is 1. The molecule has 2 aromatic carbocycles. The predicted molar refractivity (Wildman–Crippen MR) is 248 cm³/mol. The molecule has 2 aromatic heterocycles. The van der Waals surface area contributed by atoms with Crippen LogP contribution >= 0.6 is 40.5 Å². The van der Waals surface area contributed by atoms with Gasteiger partial charge in [0.2, 0.25) is 5.91 Å². The number of imidazole rings is 2. The summed E-state index contributed by atoms with van der Waals surface area (Å²) in [6.45, 7) is 7.72. The number of fused-ring (bicyclic) bond motifs is 4. The van der Waals surface area contributed by atoms with Crippen molar-refractivity contribution < 1.29 is 28.6 Å². The Morgan fingerprint density at radius 3 is 2.17 bits per heavy atom. The number of carbonyl (C=O) groups is 3. The number of allylic oxidation sites excluding steroid dienone is 1. The van der Waals surface area contributed by atoms with Crippen molar-refractivity contribution in [3.05, 3.63) is 84.2 Å². The van der Waals surface area contributed by atoms with Gasteiger partial charge in [0, 0.05) is 18.7 Å². The van der Waals surface area contributed by atoms with Crippen molar-refractivity contribution in [1.29, 1.82) is 0 Å². The summed E-state index contributed by atoms with van der Waals surface area (Å²) in [5.41, 5.74) is 6.06. The number of nitrogens with zero attached hydrogens (tertiary/aromatic N) is 4. The van der Waals surface area contributed by atoms with E-state index in [1.54, 1.807) is 4.90 Å². The second-order valence-electron chi connectivity index (χ2n) is 16.1. The maximum atomic E-state index is 14.0. The molecule has 7 rings (SSSR count). The molecule has 5 heterocycles. The Morgan fingerprint density at radius 2 is 1.47 bits per heavy atom. The van der Waals surface area contributed by atoms with Gasteiger partial charge < -0.3 is 34.4 Å². The smallest absolute Gasteiger partial charge is 0.410 e. The van der Waals surface area contributed by atoms with Crippen molar-refractivity contribution in [1.82, 2.24) is 35.1 Å². The van der Waals surface area contributed by atoms with Gasteiger partial charge in [-0.05, 0) is 82.4 Å². The van der Waals surface area contributed by atoms with Gasteiger partial charge in [0.05, 0.1) is 55.7 Å². The molecular weight excluding hydrogens is 819 g/mol. The quantitative estimate of drug-likeness (QED) is 0.168. The number of hydrogen-bond acceptors (Lipinski definition) is 8. The van der Waals surface area contributed by atoms with Crippen LogP contribution in [0.5, 0.6) is 0 Å². The lowest BCUT2D eigenvalue weighted by atomic mass is 10.0. The number of likely N-dealkylation sites (tertiary alicyclic amines) is 1. The van der Waals surface area contributed by atoms with Gasteiger partial charge in [-0.15, -0.1) is 0 Å². The summed E-state index contributed by atoms with van der Waals surface area (Å²) in [7, 11) is 1.32. The molecule has 3 aliphatic rings. The number of nitrogens with one attached hydrogen (secondary N) is 3. The number of H-pyrrole nitrogens is 2. The van der Waals surface area contributed by atoms with Crippen LogP contribution in [0.2, 0.25) is 0 Å². The van der Waals surface area contributed by atoms with Gasteiger partial charge in [0.25, 0.3) is 0 Å². The zero-order chi connectivity index (χ0) is 39.9. The summed E-state index contributed by atoms with van der Waals surface area (Å²) in [5, 5.41) is 2.80. The second kappa shape index (κ2) is 21.9. The van der Waals surface area contributed by atoms with Crippen LogP contribution in [0.1, 0.15) is 108 Å². The number of benzene rings is 2. The average molecular weight is 880 g/mol. The van der Waals surface area contributed by atoms with Crippen molar-refractivity contribution in [2.24, 2.45) is 0 Å². The number of alkyl carbamates (subject to hydrolysis) is 1. The number of amides is 3. The molecule has 2 fully saturated rings. The minimum Gasteiger partial charge on any atom is -0.453 e. The van der Waals surface area contributed by atoms with Crippen LogP contribution in [0.3, 0.4) is 0 Å². The van der Waals surface area contributed by atoms with Crippen LogP contribution in [0, 0.1) is 0 Å². The summed E-state index contributed by atoms with van der Waals surface area (Å²) in [6, 6.07) is 15.6. The predicted octanol–water partition coefficient (Wildman–Crippen LogP) is 8.97. The van der Waals surface area contributed by atoms with Gasteiger partial charge in [-0.2, -0.15) is 40.5 Å². The first-order chi connectivity index (χ1) is 27.6. The minimum atomic E-state index is -0.659. The SMILES string of the molecule is COC(=O)N[C@H]1CCCCC/C=C\COCc2[nH]c(nc2-c2ccc(-c3ccc(-c4cnc([C@@H]5CCCN5C(=O)OC(C)(C)C)[nH]4)cc3)cc2)[C@@H]2CCCN2C1=O.S.S.S. The number of hydrogen-bond donors (Lipinski definition) is 3. The topological polar surface area (TPSA) is 155 Å². The summed E-state index contributed by atoms with van der Waals surface area (Å²) in [4.78, 5) is 59.5. The zero-order valence-electron chi connectivity index (χ0n) is 35.0. The molecule has 3 aliphatic heterocycles. The highest BCUT2D eigenvalue weighted by atomic mass is 32.1. The Labute approximate surface area is 374 Å². The van der Waals surface area contributed by atoms with Gasteiger partial charge >= 0.3 is 12.2 Å². The van der Waals surface area contributed by atoms with E-state index in [4.69, 9.17) is 19.2 Å². The summed E-state index contributed by atoms with van der Waals surface area (Å²) < 4.78 is 16.6. The highest BCUT2D eigenvalue weighted by molar-refractivity contribution is 7.59. The lowest BCUT2D eigenvalue weighted by Crippen LogP contribution is -2.48. The van der Waals surface area contributed by atoms with Crippen molar-refractivity contribution in [2.75, 3.05) is 26.8 Å². The molecule has 3 amide bonds. The monoisotopic (exact) mass is 879 g/mol. The standard InChI is InChI=1S/C44H55N7O6.3H2S/c1-44(2,3)57-43(54)51-25-12-14-36(51)39-45-27-34(46-39)31-20-16-29(17-21-31)30-18-22-32(23-19-30)38-35-28-56-26-10-8-6-5-7-9-13-33(48-42(53)55-4)41(52)50-24-11-15-37(50)40(47-35)49-38;;;/h8,10,16-23,27,33,36-37H,5-7,9,11-15,24-26,28H2,1-4H3,(H,45,46)(H,47,49)(H,48,53);3*1H2/b10-8-;;;/t33-,36-,37-;;;/m0.../s1. The van der Waals surface area contributed by atoms with Crippen LogP contribution in [0.15, 0.2) is 66.9 Å². The third-order valence-electron chi connectivity index (χ3n) is 10.9. The van der Waals surface area contributed by atoms with Crippen LogP contribution in [-0.4, -0.2) is 86.3 Å². The van der Waals surface area contributed by atoms with E-state index in [-0.39, 0.29) is 64.6 Å². The highest BCUT2D eigenvalue weighted by Crippen LogP contribution is 2.36. The fourth-order valence-corrected chi connectivity index (χ4v) is 8.01. The number of carbonyl (C=O) groups excluding carboxylic acids is 3. The molecule has 2 saturated heterocycles. The molecule has 0 unspecified atom stereocenters. The number of ether oxygens (including phenoxy) is 3. The number of aromatic amines is 2. The number of rotatable bonds is 5. The van der Waals surface area contributed by atoms with Crippen molar-refractivity contribution in [2.45, 2.75) is 109 Å². The maximum absolute atomic E-state index is 14.0. The van der Waals surface area contributed by atoms with Gasteiger partial charge in [-0.3, -0.25) is 9.69 Å². The normalized spacial score (nSPS) is 20.4. The molecule has 60 heavy (non-hydrogen) atoms. The third-order valence-corrected chi connectivity index (χ3v) is 10.9. The van der Waals surface area contributed by atoms with Crippen LogP contribution in [-0.2, 0) is 25.6 Å².